The van der Waals surface area contributed by atoms with Gasteiger partial charge in [-0.15, -0.1) is 0 Å². The van der Waals surface area contributed by atoms with Crippen LogP contribution in [0.1, 0.15) is 16.8 Å². The van der Waals surface area contributed by atoms with Crippen LogP contribution in [0, 0.1) is 11.3 Å². The molecule has 0 bridgehead atoms. The fourth-order valence-electron chi connectivity index (χ4n) is 3.83. The standard InChI is InChI=1S/C18H18ClN3O4/c19-14-2-1-3-15(6-14)22-8-12(7-20-22)16(23)21-9-13-10-26-5-4-18(13,11-21)17(24)25/h1-3,6-8,13H,4-5,9-11H2,(H,24,25)/t13-,18+/m0/s1. The summed E-state index contributed by atoms with van der Waals surface area (Å²) in [7, 11) is 0. The van der Waals surface area contributed by atoms with E-state index < -0.39 is 11.4 Å². The number of carboxylic acids is 1. The number of carboxylic acid groups (broad SMARTS) is 1. The van der Waals surface area contributed by atoms with E-state index >= 15 is 0 Å². The van der Waals surface area contributed by atoms with Gasteiger partial charge in [-0.1, -0.05) is 17.7 Å². The number of aromatic nitrogens is 2. The maximum absolute atomic E-state index is 12.9. The molecule has 7 nitrogen and oxygen atoms in total. The number of nitrogens with zero attached hydrogens (tertiary/aromatic N) is 3. The van der Waals surface area contributed by atoms with Gasteiger partial charge in [0.1, 0.15) is 0 Å². The van der Waals surface area contributed by atoms with Crippen molar-refractivity contribution >= 4 is 23.5 Å². The zero-order valence-corrected chi connectivity index (χ0v) is 14.7. The van der Waals surface area contributed by atoms with Gasteiger partial charge in [0.2, 0.25) is 0 Å². The van der Waals surface area contributed by atoms with Gasteiger partial charge in [0.15, 0.2) is 0 Å². The largest absolute Gasteiger partial charge is 0.481 e. The summed E-state index contributed by atoms with van der Waals surface area (Å²) in [5, 5.41) is 14.5. The highest BCUT2D eigenvalue weighted by Gasteiger charge is 2.55. The molecule has 0 saturated carbocycles. The van der Waals surface area contributed by atoms with E-state index in [1.807, 2.05) is 12.1 Å². The third-order valence-electron chi connectivity index (χ3n) is 5.32. The molecule has 26 heavy (non-hydrogen) atoms. The minimum Gasteiger partial charge on any atom is -0.481 e. The van der Waals surface area contributed by atoms with Gasteiger partial charge in [0.25, 0.3) is 5.91 Å². The van der Waals surface area contributed by atoms with E-state index in [9.17, 15) is 14.7 Å². The van der Waals surface area contributed by atoms with Gasteiger partial charge >= 0.3 is 5.97 Å². The zero-order valence-electron chi connectivity index (χ0n) is 14.0. The van der Waals surface area contributed by atoms with E-state index in [1.54, 1.807) is 27.9 Å². The third-order valence-corrected chi connectivity index (χ3v) is 5.56. The highest BCUT2D eigenvalue weighted by molar-refractivity contribution is 6.30. The quantitative estimate of drug-likeness (QED) is 0.887. The van der Waals surface area contributed by atoms with E-state index in [2.05, 4.69) is 5.10 Å². The first kappa shape index (κ1) is 17.1. The zero-order chi connectivity index (χ0) is 18.3. The molecule has 0 spiro atoms. The van der Waals surface area contributed by atoms with E-state index in [1.165, 1.54) is 6.20 Å². The number of carbonyl (C=O) groups is 2. The molecule has 1 amide bonds. The lowest BCUT2D eigenvalue weighted by Gasteiger charge is -2.33. The van der Waals surface area contributed by atoms with Crippen LogP contribution in [0.4, 0.5) is 0 Å². The number of carbonyl (C=O) groups excluding carboxylic acids is 1. The molecule has 8 heteroatoms. The summed E-state index contributed by atoms with van der Waals surface area (Å²) in [6.45, 7) is 1.38. The molecule has 2 aromatic rings. The van der Waals surface area contributed by atoms with Gasteiger partial charge in [-0.25, -0.2) is 4.68 Å². The van der Waals surface area contributed by atoms with Crippen molar-refractivity contribution in [1.29, 1.82) is 0 Å². The van der Waals surface area contributed by atoms with Crippen LogP contribution in [0.2, 0.25) is 5.02 Å². The summed E-state index contributed by atoms with van der Waals surface area (Å²) < 4.78 is 7.02. The van der Waals surface area contributed by atoms with E-state index in [0.29, 0.717) is 36.8 Å². The van der Waals surface area contributed by atoms with Crippen LogP contribution in [0.5, 0.6) is 0 Å². The van der Waals surface area contributed by atoms with Crippen LogP contribution in [0.15, 0.2) is 36.7 Å². The van der Waals surface area contributed by atoms with E-state index in [-0.39, 0.29) is 18.4 Å². The van der Waals surface area contributed by atoms with Crippen LogP contribution in [-0.4, -0.2) is 58.0 Å². The Morgan fingerprint density at radius 1 is 1.38 bits per heavy atom. The minimum absolute atomic E-state index is 0.180. The molecule has 0 radical (unpaired) electrons. The second-order valence-electron chi connectivity index (χ2n) is 6.82. The number of halogens is 1. The smallest absolute Gasteiger partial charge is 0.311 e. The molecule has 0 aliphatic carbocycles. The molecule has 2 saturated heterocycles. The minimum atomic E-state index is -0.906. The Morgan fingerprint density at radius 2 is 2.23 bits per heavy atom. The van der Waals surface area contributed by atoms with Crippen molar-refractivity contribution in [2.24, 2.45) is 11.3 Å². The predicted molar refractivity (Wildman–Crippen MR) is 93.5 cm³/mol. The fraction of sp³-hybridized carbons (Fsp3) is 0.389. The van der Waals surface area contributed by atoms with Crippen LogP contribution in [-0.2, 0) is 9.53 Å². The van der Waals surface area contributed by atoms with Crippen LogP contribution >= 0.6 is 11.6 Å². The van der Waals surface area contributed by atoms with Crippen molar-refractivity contribution in [3.8, 4) is 5.69 Å². The molecule has 1 aromatic carbocycles. The predicted octanol–water partition coefficient (Wildman–Crippen LogP) is 2.09. The van der Waals surface area contributed by atoms with Gasteiger partial charge in [-0.2, -0.15) is 5.10 Å². The number of fused-ring (bicyclic) bond motifs is 1. The Labute approximate surface area is 155 Å². The van der Waals surface area contributed by atoms with Crippen molar-refractivity contribution < 1.29 is 19.4 Å². The average molecular weight is 376 g/mol. The third kappa shape index (κ3) is 2.77. The Hall–Kier alpha value is -2.38. The molecule has 2 aliphatic rings. The highest BCUT2D eigenvalue weighted by Crippen LogP contribution is 2.42. The van der Waals surface area contributed by atoms with E-state index in [4.69, 9.17) is 16.3 Å². The number of rotatable bonds is 3. The first-order chi connectivity index (χ1) is 12.5. The first-order valence-electron chi connectivity index (χ1n) is 8.41. The molecular weight excluding hydrogens is 358 g/mol. The van der Waals surface area contributed by atoms with E-state index in [0.717, 1.165) is 5.69 Å². The van der Waals surface area contributed by atoms with Gasteiger partial charge < -0.3 is 14.7 Å². The summed E-state index contributed by atoms with van der Waals surface area (Å²) in [6, 6.07) is 7.17. The Kier molecular flexibility index (Phi) is 4.20. The second-order valence-corrected chi connectivity index (χ2v) is 7.26. The molecule has 2 atom stereocenters. The van der Waals surface area contributed by atoms with Gasteiger partial charge in [0, 0.05) is 36.8 Å². The number of benzene rings is 1. The molecule has 0 unspecified atom stereocenters. The lowest BCUT2D eigenvalue weighted by Crippen LogP contribution is -2.45. The summed E-state index contributed by atoms with van der Waals surface area (Å²) >= 11 is 6.00. The first-order valence-corrected chi connectivity index (χ1v) is 8.78. The maximum atomic E-state index is 12.9. The number of hydrogen-bond donors (Lipinski definition) is 1. The summed E-state index contributed by atoms with van der Waals surface area (Å²) in [5.41, 5.74) is 0.267. The van der Waals surface area contributed by atoms with Crippen LogP contribution in [0.3, 0.4) is 0 Å². The SMILES string of the molecule is O=C(c1cnn(-c2cccc(Cl)c2)c1)N1C[C@H]2COCC[C@@]2(C(=O)O)C1. The number of hydrogen-bond acceptors (Lipinski definition) is 4. The molecular formula is C18H18ClN3O4. The average Bonchev–Trinajstić information content (AvgIpc) is 3.27. The van der Waals surface area contributed by atoms with Crippen molar-refractivity contribution in [2.75, 3.05) is 26.3 Å². The second kappa shape index (κ2) is 6.41. The summed E-state index contributed by atoms with van der Waals surface area (Å²) in [6.07, 6.45) is 3.56. The lowest BCUT2D eigenvalue weighted by molar-refractivity contribution is -0.157. The van der Waals surface area contributed by atoms with Crippen molar-refractivity contribution in [1.82, 2.24) is 14.7 Å². The van der Waals surface area contributed by atoms with Crippen LogP contribution < -0.4 is 0 Å². The topological polar surface area (TPSA) is 84.7 Å². The lowest BCUT2D eigenvalue weighted by atomic mass is 9.74. The molecule has 136 valence electrons. The number of likely N-dealkylation sites (tertiary alicyclic amines) is 1. The molecule has 1 aromatic heterocycles. The molecule has 2 aliphatic heterocycles. The maximum Gasteiger partial charge on any atom is 0.311 e. The highest BCUT2D eigenvalue weighted by atomic mass is 35.5. The number of aliphatic carboxylic acids is 1. The Morgan fingerprint density at radius 3 is 2.96 bits per heavy atom. The van der Waals surface area contributed by atoms with Crippen molar-refractivity contribution in [3.63, 3.8) is 0 Å². The van der Waals surface area contributed by atoms with Gasteiger partial charge in [0.05, 0.1) is 29.5 Å². The summed E-state index contributed by atoms with van der Waals surface area (Å²) in [5.74, 6) is -1.25. The van der Waals surface area contributed by atoms with Gasteiger partial charge in [-0.3, -0.25) is 9.59 Å². The van der Waals surface area contributed by atoms with Crippen molar-refractivity contribution in [3.05, 3.63) is 47.2 Å². The molecule has 3 heterocycles. The molecule has 1 N–H and O–H groups in total. The molecule has 2 fully saturated rings. The molecule has 4 rings (SSSR count). The Balaban J connectivity index is 1.56. The Bertz CT molecular complexity index is 868. The van der Waals surface area contributed by atoms with Gasteiger partial charge in [-0.05, 0) is 24.6 Å². The number of ether oxygens (including phenoxy) is 1. The normalized spacial score (nSPS) is 25.1. The monoisotopic (exact) mass is 375 g/mol. The van der Waals surface area contributed by atoms with Crippen molar-refractivity contribution in [2.45, 2.75) is 6.42 Å². The number of amides is 1. The summed E-state index contributed by atoms with van der Waals surface area (Å²) in [4.78, 5) is 26.3. The fourth-order valence-corrected chi connectivity index (χ4v) is 4.01. The van der Waals surface area contributed by atoms with Crippen LogP contribution in [0.25, 0.3) is 5.69 Å².